The van der Waals surface area contributed by atoms with Gasteiger partial charge >= 0.3 is 6.01 Å². The monoisotopic (exact) mass is 377 g/mol. The third kappa shape index (κ3) is 3.09. The molecule has 1 aliphatic rings. The van der Waals surface area contributed by atoms with Gasteiger partial charge in [0.2, 0.25) is 0 Å². The lowest BCUT2D eigenvalue weighted by Crippen LogP contribution is -2.19. The Balaban J connectivity index is 1.60. The molecule has 7 nitrogen and oxygen atoms in total. The van der Waals surface area contributed by atoms with Gasteiger partial charge in [0.25, 0.3) is 0 Å². The van der Waals surface area contributed by atoms with Crippen LogP contribution in [0.1, 0.15) is 25.0 Å². The van der Waals surface area contributed by atoms with E-state index in [4.69, 9.17) is 15.2 Å². The van der Waals surface area contributed by atoms with Gasteiger partial charge in [-0.3, -0.25) is 0 Å². The Bertz CT molecular complexity index is 1020. The van der Waals surface area contributed by atoms with Gasteiger partial charge in [-0.2, -0.15) is 0 Å². The molecule has 0 radical (unpaired) electrons. The first-order valence-electron chi connectivity index (χ1n) is 9.08. The van der Waals surface area contributed by atoms with Crippen molar-refractivity contribution in [1.82, 2.24) is 15.0 Å². The lowest BCUT2D eigenvalue weighted by Gasteiger charge is -2.20. The fourth-order valence-electron chi connectivity index (χ4n) is 3.35. The maximum absolute atomic E-state index is 6.01. The molecule has 2 N–H and O–H groups in total. The smallest absolute Gasteiger partial charge is 0.322 e. The Morgan fingerprint density at radius 1 is 1.14 bits per heavy atom. The van der Waals surface area contributed by atoms with Crippen LogP contribution in [-0.2, 0) is 5.41 Å². The molecule has 4 rings (SSSR count). The minimum absolute atomic E-state index is 0.132. The second-order valence-corrected chi connectivity index (χ2v) is 7.56. The SMILES string of the molecule is Cc1ccc(Oc2ncc(N(C)c3ncccc3N)cn2)c2c1OCC2(C)C. The quantitative estimate of drug-likeness (QED) is 0.735. The highest BCUT2D eigenvalue weighted by Crippen LogP contribution is 2.46. The molecule has 2 aromatic heterocycles. The van der Waals surface area contributed by atoms with E-state index < -0.39 is 0 Å². The molecule has 0 saturated heterocycles. The Labute approximate surface area is 164 Å². The maximum atomic E-state index is 6.01. The van der Waals surface area contributed by atoms with Crippen molar-refractivity contribution < 1.29 is 9.47 Å². The topological polar surface area (TPSA) is 86.4 Å². The number of pyridine rings is 1. The van der Waals surface area contributed by atoms with Crippen LogP contribution in [0.25, 0.3) is 0 Å². The summed E-state index contributed by atoms with van der Waals surface area (Å²) in [7, 11) is 1.87. The maximum Gasteiger partial charge on any atom is 0.322 e. The van der Waals surface area contributed by atoms with Crippen molar-refractivity contribution in [3.63, 3.8) is 0 Å². The predicted octanol–water partition coefficient (Wildman–Crippen LogP) is 3.99. The number of anilines is 3. The van der Waals surface area contributed by atoms with Crippen LogP contribution in [0.2, 0.25) is 0 Å². The Morgan fingerprint density at radius 2 is 1.89 bits per heavy atom. The van der Waals surface area contributed by atoms with E-state index in [9.17, 15) is 0 Å². The second kappa shape index (κ2) is 6.67. The van der Waals surface area contributed by atoms with Crippen molar-refractivity contribution in [3.8, 4) is 17.5 Å². The van der Waals surface area contributed by atoms with E-state index in [1.54, 1.807) is 30.7 Å². The number of ether oxygens (including phenoxy) is 2. The van der Waals surface area contributed by atoms with Crippen LogP contribution in [0.5, 0.6) is 17.5 Å². The normalized spacial score (nSPS) is 14.3. The molecule has 7 heteroatoms. The molecule has 3 aromatic rings. The van der Waals surface area contributed by atoms with E-state index >= 15 is 0 Å². The molecule has 0 unspecified atom stereocenters. The van der Waals surface area contributed by atoms with Gasteiger partial charge in [-0.25, -0.2) is 15.0 Å². The molecule has 1 aliphatic heterocycles. The molecular formula is C21H23N5O2. The predicted molar refractivity (Wildman–Crippen MR) is 109 cm³/mol. The highest BCUT2D eigenvalue weighted by molar-refractivity contribution is 5.69. The van der Waals surface area contributed by atoms with Gasteiger partial charge in [0.05, 0.1) is 30.4 Å². The number of nitrogens with zero attached hydrogens (tertiary/aromatic N) is 4. The van der Waals surface area contributed by atoms with E-state index in [-0.39, 0.29) is 11.4 Å². The van der Waals surface area contributed by atoms with Crippen LogP contribution in [0.15, 0.2) is 42.9 Å². The largest absolute Gasteiger partial charge is 0.492 e. The summed E-state index contributed by atoms with van der Waals surface area (Å²) in [4.78, 5) is 14.9. The minimum Gasteiger partial charge on any atom is -0.492 e. The van der Waals surface area contributed by atoms with Crippen molar-refractivity contribution in [3.05, 3.63) is 54.0 Å². The summed E-state index contributed by atoms with van der Waals surface area (Å²) >= 11 is 0. The van der Waals surface area contributed by atoms with Gasteiger partial charge in [0.15, 0.2) is 5.82 Å². The van der Waals surface area contributed by atoms with Crippen LogP contribution >= 0.6 is 0 Å². The average molecular weight is 377 g/mol. The van der Waals surface area contributed by atoms with Gasteiger partial charge in [0, 0.05) is 24.2 Å². The first-order valence-corrected chi connectivity index (χ1v) is 9.08. The summed E-state index contributed by atoms with van der Waals surface area (Å²) in [5, 5.41) is 0. The number of fused-ring (bicyclic) bond motifs is 1. The molecule has 0 bridgehead atoms. The number of benzene rings is 1. The molecular weight excluding hydrogens is 354 g/mol. The van der Waals surface area contributed by atoms with Crippen molar-refractivity contribution in [2.45, 2.75) is 26.2 Å². The van der Waals surface area contributed by atoms with Crippen molar-refractivity contribution in [1.29, 1.82) is 0 Å². The van der Waals surface area contributed by atoms with Gasteiger partial charge in [-0.15, -0.1) is 0 Å². The van der Waals surface area contributed by atoms with Gasteiger partial charge in [-0.05, 0) is 30.7 Å². The van der Waals surface area contributed by atoms with Crippen molar-refractivity contribution >= 4 is 17.2 Å². The summed E-state index contributed by atoms with van der Waals surface area (Å²) < 4.78 is 11.9. The van der Waals surface area contributed by atoms with Gasteiger partial charge < -0.3 is 20.1 Å². The molecule has 28 heavy (non-hydrogen) atoms. The third-order valence-corrected chi connectivity index (χ3v) is 4.91. The van der Waals surface area contributed by atoms with Crippen LogP contribution in [0.3, 0.4) is 0 Å². The summed E-state index contributed by atoms with van der Waals surface area (Å²) in [5.41, 5.74) is 9.36. The number of rotatable bonds is 4. The van der Waals surface area contributed by atoms with Crippen LogP contribution < -0.4 is 20.1 Å². The number of hydrogen-bond acceptors (Lipinski definition) is 7. The zero-order valence-corrected chi connectivity index (χ0v) is 16.4. The number of aromatic nitrogens is 3. The zero-order chi connectivity index (χ0) is 19.9. The lowest BCUT2D eigenvalue weighted by atomic mass is 9.85. The molecule has 0 amide bonds. The average Bonchev–Trinajstić information content (AvgIpc) is 3.01. The third-order valence-electron chi connectivity index (χ3n) is 4.91. The molecule has 144 valence electrons. The summed E-state index contributed by atoms with van der Waals surface area (Å²) in [6, 6.07) is 7.81. The minimum atomic E-state index is -0.132. The van der Waals surface area contributed by atoms with Gasteiger partial charge in [-0.1, -0.05) is 19.9 Å². The molecule has 0 fully saturated rings. The number of nitrogens with two attached hydrogens (primary N) is 1. The van der Waals surface area contributed by atoms with Crippen LogP contribution in [0.4, 0.5) is 17.2 Å². The van der Waals surface area contributed by atoms with E-state index in [1.165, 1.54) is 0 Å². The molecule has 0 saturated carbocycles. The Morgan fingerprint density at radius 3 is 2.61 bits per heavy atom. The highest BCUT2D eigenvalue weighted by atomic mass is 16.5. The standard InChI is InChI=1S/C21H23N5O2/c1-13-7-8-16(17-18(13)27-12-21(17,2)3)28-20-24-10-14(11-25-20)26(4)19-15(22)6-5-9-23-19/h5-11H,12,22H2,1-4H3. The first kappa shape index (κ1) is 18.0. The Hall–Kier alpha value is -3.35. The van der Waals surface area contributed by atoms with E-state index in [2.05, 4.69) is 28.8 Å². The molecule has 3 heterocycles. The van der Waals surface area contributed by atoms with E-state index in [0.29, 0.717) is 18.1 Å². The second-order valence-electron chi connectivity index (χ2n) is 7.56. The summed E-state index contributed by atoms with van der Waals surface area (Å²) in [6.45, 7) is 6.94. The van der Waals surface area contributed by atoms with Crippen molar-refractivity contribution in [2.24, 2.45) is 0 Å². The van der Waals surface area contributed by atoms with Gasteiger partial charge in [0.1, 0.15) is 11.5 Å². The molecule has 1 aromatic carbocycles. The fraction of sp³-hybridized carbons (Fsp3) is 0.286. The molecule has 0 atom stereocenters. The van der Waals surface area contributed by atoms with Crippen molar-refractivity contribution in [2.75, 3.05) is 24.3 Å². The summed E-state index contributed by atoms with van der Waals surface area (Å²) in [6.07, 6.45) is 5.07. The van der Waals surface area contributed by atoms with E-state index in [0.717, 1.165) is 28.3 Å². The first-order chi connectivity index (χ1) is 13.4. The van der Waals surface area contributed by atoms with Crippen LogP contribution in [0, 0.1) is 6.92 Å². The Kier molecular flexibility index (Phi) is 4.30. The lowest BCUT2D eigenvalue weighted by molar-refractivity contribution is 0.289. The number of aryl methyl sites for hydroxylation is 1. The summed E-state index contributed by atoms with van der Waals surface area (Å²) in [5.74, 6) is 2.26. The zero-order valence-electron chi connectivity index (χ0n) is 16.4. The number of hydrogen-bond donors (Lipinski definition) is 1. The van der Waals surface area contributed by atoms with E-state index in [1.807, 2.05) is 31.0 Å². The molecule has 0 spiro atoms. The van der Waals surface area contributed by atoms with Crippen LogP contribution in [-0.4, -0.2) is 28.6 Å². The molecule has 0 aliphatic carbocycles. The number of nitrogen functional groups attached to an aromatic ring is 1. The highest BCUT2D eigenvalue weighted by Gasteiger charge is 2.36. The fourth-order valence-corrected chi connectivity index (χ4v) is 3.35.